The van der Waals surface area contributed by atoms with Gasteiger partial charge in [-0.2, -0.15) is 0 Å². The number of methoxy groups -OCH3 is 1. The molecule has 6 heteroatoms. The van der Waals surface area contributed by atoms with E-state index in [1.807, 2.05) is 37.3 Å². The topological polar surface area (TPSA) is 71.1 Å². The molecule has 0 spiro atoms. The molecule has 150 valence electrons. The number of hydrogen-bond acceptors (Lipinski definition) is 6. The number of Topliss-reactive ketones (excluding diaryl/α,β-unsaturated/α-hetero) is 1. The van der Waals surface area contributed by atoms with Crippen LogP contribution in [0.15, 0.2) is 60.7 Å². The summed E-state index contributed by atoms with van der Waals surface area (Å²) < 4.78 is 21.1. The number of rotatable bonds is 9. The van der Waals surface area contributed by atoms with E-state index < -0.39 is 5.97 Å². The number of hydrogen-bond donors (Lipinski definition) is 0. The number of esters is 1. The van der Waals surface area contributed by atoms with E-state index in [0.717, 1.165) is 16.5 Å². The van der Waals surface area contributed by atoms with Gasteiger partial charge in [0.2, 0.25) is 0 Å². The number of benzene rings is 3. The fourth-order valence-electron chi connectivity index (χ4n) is 2.78. The summed E-state index contributed by atoms with van der Waals surface area (Å²) in [5.74, 6) is 0.826. The highest BCUT2D eigenvalue weighted by atomic mass is 16.6. The largest absolute Gasteiger partial charge is 0.497 e. The van der Waals surface area contributed by atoms with Gasteiger partial charge in [0.05, 0.1) is 13.7 Å². The third-order valence-electron chi connectivity index (χ3n) is 4.23. The Morgan fingerprint density at radius 1 is 0.828 bits per heavy atom. The van der Waals surface area contributed by atoms with Gasteiger partial charge in [-0.25, -0.2) is 4.79 Å². The van der Waals surface area contributed by atoms with Crippen molar-refractivity contribution < 1.29 is 28.5 Å². The SMILES string of the molecule is CCOc1ccccc1OCC(=O)OCC(=O)c1ccc2cc(OC)ccc2c1. The zero-order valence-corrected chi connectivity index (χ0v) is 16.3. The van der Waals surface area contributed by atoms with E-state index >= 15 is 0 Å². The number of ketones is 1. The number of para-hydroxylation sites is 2. The highest BCUT2D eigenvalue weighted by Crippen LogP contribution is 2.26. The Bertz CT molecular complexity index is 1010. The minimum atomic E-state index is -0.629. The monoisotopic (exact) mass is 394 g/mol. The summed E-state index contributed by atoms with van der Waals surface area (Å²) in [7, 11) is 1.60. The van der Waals surface area contributed by atoms with Crippen LogP contribution in [0.5, 0.6) is 17.2 Å². The molecule has 0 atom stereocenters. The summed E-state index contributed by atoms with van der Waals surface area (Å²) in [6.07, 6.45) is 0. The van der Waals surface area contributed by atoms with E-state index in [-0.39, 0.29) is 19.0 Å². The first-order valence-electron chi connectivity index (χ1n) is 9.22. The second kappa shape index (κ2) is 9.59. The molecule has 0 amide bonds. The quantitative estimate of drug-likeness (QED) is 0.403. The number of carbonyl (C=O) groups is 2. The van der Waals surface area contributed by atoms with Crippen LogP contribution in [0, 0.1) is 0 Å². The molecule has 0 heterocycles. The third-order valence-corrected chi connectivity index (χ3v) is 4.23. The van der Waals surface area contributed by atoms with E-state index in [2.05, 4.69) is 0 Å². The average Bonchev–Trinajstić information content (AvgIpc) is 2.76. The van der Waals surface area contributed by atoms with Gasteiger partial charge in [-0.3, -0.25) is 4.79 Å². The van der Waals surface area contributed by atoms with Gasteiger partial charge in [0.15, 0.2) is 30.5 Å². The second-order valence-corrected chi connectivity index (χ2v) is 6.18. The predicted octanol–water partition coefficient (Wildman–Crippen LogP) is 4.05. The Labute approximate surface area is 169 Å². The van der Waals surface area contributed by atoms with Crippen LogP contribution in [0.2, 0.25) is 0 Å². The maximum atomic E-state index is 12.4. The Hall–Kier alpha value is -3.54. The number of ether oxygens (including phenoxy) is 4. The molecule has 0 bridgehead atoms. The summed E-state index contributed by atoms with van der Waals surface area (Å²) >= 11 is 0. The van der Waals surface area contributed by atoms with E-state index in [1.54, 1.807) is 37.4 Å². The van der Waals surface area contributed by atoms with Gasteiger partial charge >= 0.3 is 5.97 Å². The Balaban J connectivity index is 1.55. The molecule has 0 N–H and O–H groups in total. The van der Waals surface area contributed by atoms with Crippen LogP contribution >= 0.6 is 0 Å². The summed E-state index contributed by atoms with van der Waals surface area (Å²) in [6.45, 7) is 1.68. The minimum Gasteiger partial charge on any atom is -0.497 e. The highest BCUT2D eigenvalue weighted by molar-refractivity contribution is 6.01. The fourth-order valence-corrected chi connectivity index (χ4v) is 2.78. The van der Waals surface area contributed by atoms with Crippen molar-refractivity contribution in [2.45, 2.75) is 6.92 Å². The Morgan fingerprint density at radius 2 is 1.52 bits per heavy atom. The summed E-state index contributed by atoms with van der Waals surface area (Å²) in [6, 6.07) is 17.9. The van der Waals surface area contributed by atoms with Crippen molar-refractivity contribution in [3.05, 3.63) is 66.2 Å². The molecular weight excluding hydrogens is 372 g/mol. The van der Waals surface area contributed by atoms with Crippen molar-refractivity contribution in [1.29, 1.82) is 0 Å². The molecular formula is C23H22O6. The van der Waals surface area contributed by atoms with Crippen molar-refractivity contribution in [2.75, 3.05) is 26.9 Å². The zero-order chi connectivity index (χ0) is 20.6. The van der Waals surface area contributed by atoms with Crippen LogP contribution in [-0.2, 0) is 9.53 Å². The molecule has 6 nitrogen and oxygen atoms in total. The van der Waals surface area contributed by atoms with Gasteiger partial charge in [-0.15, -0.1) is 0 Å². The molecule has 0 radical (unpaired) electrons. The Morgan fingerprint density at radius 3 is 2.24 bits per heavy atom. The van der Waals surface area contributed by atoms with Crippen molar-refractivity contribution in [1.82, 2.24) is 0 Å². The lowest BCUT2D eigenvalue weighted by Crippen LogP contribution is -2.19. The molecule has 0 aliphatic rings. The lowest BCUT2D eigenvalue weighted by atomic mass is 10.0. The molecule has 3 aromatic rings. The van der Waals surface area contributed by atoms with Crippen molar-refractivity contribution in [3.63, 3.8) is 0 Å². The number of fused-ring (bicyclic) bond motifs is 1. The first-order valence-corrected chi connectivity index (χ1v) is 9.22. The third kappa shape index (κ3) is 5.25. The first kappa shape index (κ1) is 20.2. The number of carbonyl (C=O) groups excluding carboxylic acids is 2. The minimum absolute atomic E-state index is 0.286. The van der Waals surface area contributed by atoms with E-state index in [9.17, 15) is 9.59 Å². The fraction of sp³-hybridized carbons (Fsp3) is 0.217. The first-order chi connectivity index (χ1) is 14.1. The predicted molar refractivity (Wildman–Crippen MR) is 109 cm³/mol. The molecule has 0 unspecified atom stereocenters. The summed E-state index contributed by atoms with van der Waals surface area (Å²) in [5, 5.41) is 1.86. The molecule has 0 fully saturated rings. The summed E-state index contributed by atoms with van der Waals surface area (Å²) in [4.78, 5) is 24.3. The standard InChI is InChI=1S/C23H22O6/c1-3-27-21-6-4-5-7-22(21)28-15-23(25)29-14-20(24)18-9-8-17-13-19(26-2)11-10-16(17)12-18/h4-13H,3,14-15H2,1-2H3. The van der Waals surface area contributed by atoms with Crippen LogP contribution in [0.4, 0.5) is 0 Å². The van der Waals surface area contributed by atoms with Crippen LogP contribution in [0.25, 0.3) is 10.8 Å². The highest BCUT2D eigenvalue weighted by Gasteiger charge is 2.13. The maximum Gasteiger partial charge on any atom is 0.344 e. The zero-order valence-electron chi connectivity index (χ0n) is 16.3. The van der Waals surface area contributed by atoms with Crippen LogP contribution in [0.3, 0.4) is 0 Å². The van der Waals surface area contributed by atoms with E-state index in [4.69, 9.17) is 18.9 Å². The molecule has 3 aromatic carbocycles. The van der Waals surface area contributed by atoms with Crippen LogP contribution in [0.1, 0.15) is 17.3 Å². The van der Waals surface area contributed by atoms with Crippen LogP contribution in [-0.4, -0.2) is 38.7 Å². The average molecular weight is 394 g/mol. The van der Waals surface area contributed by atoms with Gasteiger partial charge in [-0.05, 0) is 48.0 Å². The molecule has 0 saturated carbocycles. The summed E-state index contributed by atoms with van der Waals surface area (Å²) in [5.41, 5.74) is 0.470. The van der Waals surface area contributed by atoms with Gasteiger partial charge in [0, 0.05) is 5.56 Å². The lowest BCUT2D eigenvalue weighted by molar-refractivity contribution is -0.144. The molecule has 29 heavy (non-hydrogen) atoms. The molecule has 0 aromatic heterocycles. The van der Waals surface area contributed by atoms with Crippen LogP contribution < -0.4 is 14.2 Å². The van der Waals surface area contributed by atoms with Gasteiger partial charge in [0.1, 0.15) is 5.75 Å². The van der Waals surface area contributed by atoms with Crippen molar-refractivity contribution >= 4 is 22.5 Å². The molecule has 0 aliphatic heterocycles. The Kier molecular flexibility index (Phi) is 6.68. The van der Waals surface area contributed by atoms with E-state index in [0.29, 0.717) is 23.7 Å². The van der Waals surface area contributed by atoms with Gasteiger partial charge < -0.3 is 18.9 Å². The van der Waals surface area contributed by atoms with Gasteiger partial charge in [0.25, 0.3) is 0 Å². The smallest absolute Gasteiger partial charge is 0.344 e. The molecule has 3 rings (SSSR count). The maximum absolute atomic E-state index is 12.4. The lowest BCUT2D eigenvalue weighted by Gasteiger charge is -2.11. The normalized spacial score (nSPS) is 10.4. The molecule has 0 saturated heterocycles. The van der Waals surface area contributed by atoms with Crippen molar-refractivity contribution in [3.8, 4) is 17.2 Å². The van der Waals surface area contributed by atoms with Gasteiger partial charge in [-0.1, -0.05) is 30.3 Å². The molecule has 0 aliphatic carbocycles. The van der Waals surface area contributed by atoms with Crippen molar-refractivity contribution in [2.24, 2.45) is 0 Å². The van der Waals surface area contributed by atoms with E-state index in [1.165, 1.54) is 0 Å². The second-order valence-electron chi connectivity index (χ2n) is 6.18.